The molecule has 1 heterocycles. The molecule has 21 heavy (non-hydrogen) atoms. The summed E-state index contributed by atoms with van der Waals surface area (Å²) in [6, 6.07) is 9.32. The molecular weight excluding hydrogens is 439 g/mol. The Kier molecular flexibility index (Phi) is 5.61. The monoisotopic (exact) mass is 465 g/mol. The number of rotatable bonds is 2. The molecular formula is C18H26N2Pt. The fraction of sp³-hybridized carbons (Fsp3) is 0.500. The molecule has 0 spiro atoms. The summed E-state index contributed by atoms with van der Waals surface area (Å²) in [5.74, 6) is 0. The van der Waals surface area contributed by atoms with E-state index in [2.05, 4.69) is 82.5 Å². The maximum absolute atomic E-state index is 4.67. The first-order valence-electron chi connectivity index (χ1n) is 7.38. The van der Waals surface area contributed by atoms with Crippen molar-refractivity contribution in [2.24, 2.45) is 0 Å². The molecule has 2 nitrogen and oxygen atoms in total. The van der Waals surface area contributed by atoms with Crippen LogP contribution in [0.25, 0.3) is 11.1 Å². The van der Waals surface area contributed by atoms with E-state index in [4.69, 9.17) is 0 Å². The number of aryl methyl sites for hydroxylation is 1. The van der Waals surface area contributed by atoms with Crippen molar-refractivity contribution in [3.63, 3.8) is 0 Å². The van der Waals surface area contributed by atoms with Crippen LogP contribution >= 0.6 is 0 Å². The van der Waals surface area contributed by atoms with Gasteiger partial charge in [0.15, 0.2) is 0 Å². The third-order valence-corrected chi connectivity index (χ3v) is 3.85. The summed E-state index contributed by atoms with van der Waals surface area (Å²) in [5, 5.41) is 4.67. The van der Waals surface area contributed by atoms with Gasteiger partial charge < -0.3 is 0 Å². The molecule has 0 radical (unpaired) electrons. The fourth-order valence-electron chi connectivity index (χ4n) is 2.72. The Hall–Kier alpha value is -0.882. The topological polar surface area (TPSA) is 17.8 Å². The summed E-state index contributed by atoms with van der Waals surface area (Å²) < 4.78 is 2.11. The quantitative estimate of drug-likeness (QED) is 0.608. The Labute approximate surface area is 143 Å². The van der Waals surface area contributed by atoms with E-state index in [1.54, 1.807) is 0 Å². The molecule has 2 aromatic rings. The summed E-state index contributed by atoms with van der Waals surface area (Å²) in [6.07, 6.45) is 0. The second-order valence-corrected chi connectivity index (χ2v) is 6.91. The number of benzene rings is 1. The average molecular weight is 465 g/mol. The van der Waals surface area contributed by atoms with Gasteiger partial charge in [-0.1, -0.05) is 45.0 Å². The zero-order valence-electron chi connectivity index (χ0n) is 14.1. The molecule has 0 bridgehead atoms. The first kappa shape index (κ1) is 18.2. The summed E-state index contributed by atoms with van der Waals surface area (Å²) >= 11 is 0. The van der Waals surface area contributed by atoms with Crippen molar-refractivity contribution in [3.8, 4) is 11.1 Å². The minimum Gasteiger partial charge on any atom is -0.266 e. The van der Waals surface area contributed by atoms with Crippen molar-refractivity contribution in [1.29, 1.82) is 0 Å². The van der Waals surface area contributed by atoms with Crippen molar-refractivity contribution in [2.75, 3.05) is 0 Å². The number of nitrogens with zero attached hydrogens (tertiary/aromatic N) is 2. The second kappa shape index (κ2) is 6.48. The Balaban J connectivity index is 0.00000220. The van der Waals surface area contributed by atoms with Gasteiger partial charge in [0, 0.05) is 38.4 Å². The molecule has 0 aliphatic heterocycles. The van der Waals surface area contributed by atoms with Gasteiger partial charge in [0.25, 0.3) is 0 Å². The van der Waals surface area contributed by atoms with Crippen LogP contribution in [0.2, 0.25) is 0 Å². The van der Waals surface area contributed by atoms with E-state index in [0.29, 0.717) is 6.04 Å². The molecule has 0 amide bonds. The molecule has 118 valence electrons. The summed E-state index contributed by atoms with van der Waals surface area (Å²) in [6.45, 7) is 15.3. The fourth-order valence-corrected chi connectivity index (χ4v) is 2.72. The number of aromatic nitrogens is 2. The van der Waals surface area contributed by atoms with Gasteiger partial charge in [0.05, 0.1) is 5.69 Å². The minimum absolute atomic E-state index is 0. The Morgan fingerprint density at radius 1 is 1.00 bits per heavy atom. The van der Waals surface area contributed by atoms with Gasteiger partial charge in [-0.3, -0.25) is 4.68 Å². The summed E-state index contributed by atoms with van der Waals surface area (Å²) in [4.78, 5) is 0. The van der Waals surface area contributed by atoms with E-state index in [1.807, 2.05) is 0 Å². The van der Waals surface area contributed by atoms with Crippen LogP contribution in [-0.4, -0.2) is 9.78 Å². The maximum Gasteiger partial charge on any atom is 0.0675 e. The summed E-state index contributed by atoms with van der Waals surface area (Å²) in [7, 11) is 0. The van der Waals surface area contributed by atoms with Gasteiger partial charge in [-0.05, 0) is 44.2 Å². The smallest absolute Gasteiger partial charge is 0.0675 e. The zero-order valence-corrected chi connectivity index (χ0v) is 16.4. The molecule has 0 N–H and O–H groups in total. The first-order chi connectivity index (χ1) is 9.21. The molecule has 0 aliphatic carbocycles. The molecule has 0 unspecified atom stereocenters. The summed E-state index contributed by atoms with van der Waals surface area (Å²) in [5.41, 5.74) is 6.47. The third kappa shape index (κ3) is 3.66. The van der Waals surface area contributed by atoms with Gasteiger partial charge in [-0.2, -0.15) is 5.10 Å². The maximum atomic E-state index is 4.67. The van der Waals surface area contributed by atoms with Crippen LogP contribution in [0.15, 0.2) is 24.3 Å². The predicted molar refractivity (Wildman–Crippen MR) is 86.2 cm³/mol. The molecule has 1 aromatic carbocycles. The SMILES string of the molecule is Cc1nn(C(C)C)c(C)c1-c1ccc(C(C)(C)C)cc1.[Pt]. The van der Waals surface area contributed by atoms with Crippen molar-refractivity contribution in [1.82, 2.24) is 9.78 Å². The van der Waals surface area contributed by atoms with E-state index in [-0.39, 0.29) is 26.5 Å². The van der Waals surface area contributed by atoms with Gasteiger partial charge in [0.2, 0.25) is 0 Å². The molecule has 0 aliphatic rings. The van der Waals surface area contributed by atoms with Crippen LogP contribution in [0, 0.1) is 13.8 Å². The van der Waals surface area contributed by atoms with Crippen LogP contribution in [0.5, 0.6) is 0 Å². The largest absolute Gasteiger partial charge is 0.266 e. The minimum atomic E-state index is 0. The number of hydrogen-bond acceptors (Lipinski definition) is 1. The number of hydrogen-bond donors (Lipinski definition) is 0. The van der Waals surface area contributed by atoms with Gasteiger partial charge in [0.1, 0.15) is 0 Å². The van der Waals surface area contributed by atoms with E-state index >= 15 is 0 Å². The Bertz CT molecular complexity index is 601. The van der Waals surface area contributed by atoms with Gasteiger partial charge in [-0.15, -0.1) is 0 Å². The van der Waals surface area contributed by atoms with E-state index in [1.165, 1.54) is 22.4 Å². The Morgan fingerprint density at radius 3 is 1.90 bits per heavy atom. The molecule has 0 saturated carbocycles. The van der Waals surface area contributed by atoms with E-state index < -0.39 is 0 Å². The van der Waals surface area contributed by atoms with Crippen molar-refractivity contribution in [2.45, 2.75) is 59.9 Å². The Morgan fingerprint density at radius 2 is 1.52 bits per heavy atom. The molecule has 3 heteroatoms. The van der Waals surface area contributed by atoms with Crippen LogP contribution in [0.3, 0.4) is 0 Å². The standard InChI is InChI=1S/C18H26N2.Pt/c1-12(2)20-14(4)17(13(3)19-20)15-8-10-16(11-9-15)18(5,6)7;/h8-12H,1-7H3;. The van der Waals surface area contributed by atoms with E-state index in [9.17, 15) is 0 Å². The molecule has 1 aromatic heterocycles. The van der Waals surface area contributed by atoms with Crippen molar-refractivity contribution >= 4 is 0 Å². The third-order valence-electron chi connectivity index (χ3n) is 3.85. The molecule has 0 saturated heterocycles. The van der Waals surface area contributed by atoms with Gasteiger partial charge in [-0.25, -0.2) is 0 Å². The van der Waals surface area contributed by atoms with E-state index in [0.717, 1.165) is 5.69 Å². The zero-order chi connectivity index (χ0) is 15.1. The molecule has 2 rings (SSSR count). The van der Waals surface area contributed by atoms with Crippen LogP contribution in [0.1, 0.15) is 57.6 Å². The van der Waals surface area contributed by atoms with Crippen molar-refractivity contribution < 1.29 is 21.1 Å². The second-order valence-electron chi connectivity index (χ2n) is 6.91. The van der Waals surface area contributed by atoms with Crippen molar-refractivity contribution in [3.05, 3.63) is 41.2 Å². The first-order valence-corrected chi connectivity index (χ1v) is 7.38. The van der Waals surface area contributed by atoms with Gasteiger partial charge >= 0.3 is 0 Å². The van der Waals surface area contributed by atoms with Crippen LogP contribution in [-0.2, 0) is 26.5 Å². The normalized spacial score (nSPS) is 11.6. The van der Waals surface area contributed by atoms with Crippen LogP contribution < -0.4 is 0 Å². The molecule has 0 fully saturated rings. The average Bonchev–Trinajstić information content (AvgIpc) is 2.64. The molecule has 0 atom stereocenters. The van der Waals surface area contributed by atoms with Crippen LogP contribution in [0.4, 0.5) is 0 Å². The predicted octanol–water partition coefficient (Wildman–Crippen LogP) is 5.04.